The number of carbonyl (C=O) groups excluding carboxylic acids is 2. The summed E-state index contributed by atoms with van der Waals surface area (Å²) in [5, 5.41) is 3.08. The Labute approximate surface area is 127 Å². The molecule has 5 heteroatoms. The molecule has 0 saturated carbocycles. The Bertz CT molecular complexity index is 653. The van der Waals surface area contributed by atoms with E-state index >= 15 is 0 Å². The Morgan fingerprint density at radius 3 is 2.52 bits per heavy atom. The zero-order valence-corrected chi connectivity index (χ0v) is 12.2. The summed E-state index contributed by atoms with van der Waals surface area (Å²) in [7, 11) is 0. The highest BCUT2D eigenvalue weighted by molar-refractivity contribution is 6.30. The van der Waals surface area contributed by atoms with Gasteiger partial charge in [-0.05, 0) is 37.3 Å². The first-order valence-corrected chi connectivity index (χ1v) is 6.71. The molecular weight excluding hydrogens is 290 g/mol. The number of esters is 1. The van der Waals surface area contributed by atoms with Crippen LogP contribution < -0.4 is 5.32 Å². The number of hydrogen-bond acceptors (Lipinski definition) is 3. The van der Waals surface area contributed by atoms with Crippen molar-refractivity contribution >= 4 is 29.2 Å². The molecule has 2 aromatic rings. The van der Waals surface area contributed by atoms with Crippen molar-refractivity contribution in [3.63, 3.8) is 0 Å². The number of hydrogen-bond donors (Lipinski definition) is 1. The summed E-state index contributed by atoms with van der Waals surface area (Å²) in [6.45, 7) is 1.61. The van der Waals surface area contributed by atoms with Gasteiger partial charge in [-0.25, -0.2) is 4.79 Å². The molecule has 0 atom stereocenters. The third kappa shape index (κ3) is 4.61. The summed E-state index contributed by atoms with van der Waals surface area (Å²) in [6, 6.07) is 13.7. The lowest BCUT2D eigenvalue weighted by Gasteiger charge is -2.07. The van der Waals surface area contributed by atoms with Crippen molar-refractivity contribution in [2.24, 2.45) is 0 Å². The van der Waals surface area contributed by atoms with E-state index in [1.807, 2.05) is 19.1 Å². The second-order valence-corrected chi connectivity index (χ2v) is 4.94. The number of benzene rings is 2. The van der Waals surface area contributed by atoms with Crippen molar-refractivity contribution in [3.8, 4) is 0 Å². The molecular formula is C16H14ClNO3. The smallest absolute Gasteiger partial charge is 0.338 e. The molecule has 0 aliphatic heterocycles. The van der Waals surface area contributed by atoms with Gasteiger partial charge < -0.3 is 10.1 Å². The predicted molar refractivity (Wildman–Crippen MR) is 81.5 cm³/mol. The Morgan fingerprint density at radius 1 is 1.14 bits per heavy atom. The SMILES string of the molecule is Cc1ccc(NC(=O)COC(=O)c2cccc(Cl)c2)cc1. The highest BCUT2D eigenvalue weighted by Gasteiger charge is 2.10. The fourth-order valence-corrected chi connectivity index (χ4v) is 1.85. The third-order valence-electron chi connectivity index (χ3n) is 2.73. The highest BCUT2D eigenvalue weighted by atomic mass is 35.5. The molecule has 2 aromatic carbocycles. The number of rotatable bonds is 4. The molecule has 4 nitrogen and oxygen atoms in total. The van der Waals surface area contributed by atoms with E-state index in [9.17, 15) is 9.59 Å². The van der Waals surface area contributed by atoms with E-state index < -0.39 is 11.9 Å². The second kappa shape index (κ2) is 6.90. The number of aryl methyl sites for hydroxylation is 1. The second-order valence-electron chi connectivity index (χ2n) is 4.50. The van der Waals surface area contributed by atoms with Crippen LogP contribution in [0.15, 0.2) is 48.5 Å². The van der Waals surface area contributed by atoms with Gasteiger partial charge in [-0.3, -0.25) is 4.79 Å². The van der Waals surface area contributed by atoms with E-state index in [-0.39, 0.29) is 6.61 Å². The standard InChI is InChI=1S/C16H14ClNO3/c1-11-5-7-14(8-6-11)18-15(19)10-21-16(20)12-3-2-4-13(17)9-12/h2-9H,10H2,1H3,(H,18,19). The fourth-order valence-electron chi connectivity index (χ4n) is 1.66. The zero-order valence-electron chi connectivity index (χ0n) is 11.4. The Kier molecular flexibility index (Phi) is 4.95. The molecule has 0 aliphatic carbocycles. The molecule has 108 valence electrons. The molecule has 1 amide bonds. The molecule has 2 rings (SSSR count). The molecule has 1 N–H and O–H groups in total. The van der Waals surface area contributed by atoms with Gasteiger partial charge in [-0.15, -0.1) is 0 Å². The predicted octanol–water partition coefficient (Wildman–Crippen LogP) is 3.44. The minimum absolute atomic E-state index is 0.311. The van der Waals surface area contributed by atoms with Crippen LogP contribution in [0.1, 0.15) is 15.9 Å². The van der Waals surface area contributed by atoms with Gasteiger partial charge in [-0.1, -0.05) is 35.4 Å². The van der Waals surface area contributed by atoms with E-state index in [4.69, 9.17) is 16.3 Å². The molecule has 0 unspecified atom stereocenters. The lowest BCUT2D eigenvalue weighted by Crippen LogP contribution is -2.20. The molecule has 0 aliphatic rings. The molecule has 0 spiro atoms. The summed E-state index contributed by atoms with van der Waals surface area (Å²) >= 11 is 5.78. The Morgan fingerprint density at radius 2 is 1.86 bits per heavy atom. The lowest BCUT2D eigenvalue weighted by atomic mass is 10.2. The maximum Gasteiger partial charge on any atom is 0.338 e. The van der Waals surface area contributed by atoms with Crippen LogP contribution >= 0.6 is 11.6 Å². The minimum Gasteiger partial charge on any atom is -0.452 e. The number of halogens is 1. The van der Waals surface area contributed by atoms with Gasteiger partial charge in [0.25, 0.3) is 5.91 Å². The van der Waals surface area contributed by atoms with E-state index in [0.29, 0.717) is 16.3 Å². The van der Waals surface area contributed by atoms with Gasteiger partial charge >= 0.3 is 5.97 Å². The summed E-state index contributed by atoms with van der Waals surface area (Å²) < 4.78 is 4.93. The van der Waals surface area contributed by atoms with Gasteiger partial charge in [0.15, 0.2) is 6.61 Å². The van der Waals surface area contributed by atoms with Gasteiger partial charge in [0.1, 0.15) is 0 Å². The van der Waals surface area contributed by atoms with Crippen molar-refractivity contribution in [3.05, 3.63) is 64.7 Å². The van der Waals surface area contributed by atoms with Crippen LogP contribution in [0, 0.1) is 6.92 Å². The number of ether oxygens (including phenoxy) is 1. The maximum atomic E-state index is 11.7. The van der Waals surface area contributed by atoms with E-state index in [0.717, 1.165) is 5.56 Å². The summed E-state index contributed by atoms with van der Waals surface area (Å²) in [6.07, 6.45) is 0. The van der Waals surface area contributed by atoms with E-state index in [2.05, 4.69) is 5.32 Å². The van der Waals surface area contributed by atoms with Crippen LogP contribution in [0.3, 0.4) is 0 Å². The first-order chi connectivity index (χ1) is 10.0. The first kappa shape index (κ1) is 15.1. The molecule has 0 bridgehead atoms. The van der Waals surface area contributed by atoms with Crippen molar-refractivity contribution in [2.45, 2.75) is 6.92 Å². The molecule has 0 fully saturated rings. The van der Waals surface area contributed by atoms with E-state index in [1.54, 1.807) is 30.3 Å². The Balaban J connectivity index is 1.86. The lowest BCUT2D eigenvalue weighted by molar-refractivity contribution is -0.119. The molecule has 0 saturated heterocycles. The largest absolute Gasteiger partial charge is 0.452 e. The average Bonchev–Trinajstić information content (AvgIpc) is 2.47. The van der Waals surface area contributed by atoms with Crippen LogP contribution in [0.4, 0.5) is 5.69 Å². The minimum atomic E-state index is -0.587. The summed E-state index contributed by atoms with van der Waals surface area (Å²) in [5.74, 6) is -0.981. The normalized spacial score (nSPS) is 10.0. The summed E-state index contributed by atoms with van der Waals surface area (Å²) in [5.41, 5.74) is 2.07. The van der Waals surface area contributed by atoms with Crippen molar-refractivity contribution in [2.75, 3.05) is 11.9 Å². The first-order valence-electron chi connectivity index (χ1n) is 6.34. The quantitative estimate of drug-likeness (QED) is 0.880. The van der Waals surface area contributed by atoms with Crippen LogP contribution in [0.5, 0.6) is 0 Å². The van der Waals surface area contributed by atoms with Crippen LogP contribution in [-0.4, -0.2) is 18.5 Å². The van der Waals surface area contributed by atoms with Crippen LogP contribution in [-0.2, 0) is 9.53 Å². The van der Waals surface area contributed by atoms with Crippen LogP contribution in [0.25, 0.3) is 0 Å². The number of nitrogens with one attached hydrogen (secondary N) is 1. The zero-order chi connectivity index (χ0) is 15.2. The molecule has 21 heavy (non-hydrogen) atoms. The molecule has 0 aromatic heterocycles. The molecule has 0 radical (unpaired) electrons. The van der Waals surface area contributed by atoms with Crippen molar-refractivity contribution in [1.29, 1.82) is 0 Å². The van der Waals surface area contributed by atoms with Gasteiger partial charge in [0.2, 0.25) is 0 Å². The summed E-state index contributed by atoms with van der Waals surface area (Å²) in [4.78, 5) is 23.4. The van der Waals surface area contributed by atoms with Gasteiger partial charge in [0.05, 0.1) is 5.56 Å². The topological polar surface area (TPSA) is 55.4 Å². The van der Waals surface area contributed by atoms with Crippen molar-refractivity contribution in [1.82, 2.24) is 0 Å². The van der Waals surface area contributed by atoms with Crippen molar-refractivity contribution < 1.29 is 14.3 Å². The number of amides is 1. The number of anilines is 1. The highest BCUT2D eigenvalue weighted by Crippen LogP contribution is 2.12. The van der Waals surface area contributed by atoms with Gasteiger partial charge in [-0.2, -0.15) is 0 Å². The molecule has 0 heterocycles. The Hall–Kier alpha value is -2.33. The third-order valence-corrected chi connectivity index (χ3v) is 2.97. The van der Waals surface area contributed by atoms with Gasteiger partial charge in [0, 0.05) is 10.7 Å². The maximum absolute atomic E-state index is 11.7. The monoisotopic (exact) mass is 303 g/mol. The fraction of sp³-hybridized carbons (Fsp3) is 0.125. The average molecular weight is 304 g/mol. The number of carbonyl (C=O) groups is 2. The van der Waals surface area contributed by atoms with Crippen LogP contribution in [0.2, 0.25) is 5.02 Å². The van der Waals surface area contributed by atoms with E-state index in [1.165, 1.54) is 6.07 Å².